The van der Waals surface area contributed by atoms with Crippen LogP contribution in [0, 0.1) is 0 Å². The smallest absolute Gasteiger partial charge is 0.367 e. The summed E-state index contributed by atoms with van der Waals surface area (Å²) in [7, 11) is 0. The zero-order chi connectivity index (χ0) is 21.1. The molecule has 0 unspecified atom stereocenters. The van der Waals surface area contributed by atoms with Crippen LogP contribution in [0.25, 0.3) is 0 Å². The van der Waals surface area contributed by atoms with Gasteiger partial charge in [0.2, 0.25) is 5.91 Å². The molecule has 0 bridgehead atoms. The summed E-state index contributed by atoms with van der Waals surface area (Å²) >= 11 is 0. The van der Waals surface area contributed by atoms with Gasteiger partial charge in [0, 0.05) is 25.6 Å². The Labute approximate surface area is 168 Å². The zero-order valence-electron chi connectivity index (χ0n) is 16.3. The van der Waals surface area contributed by atoms with Crippen molar-refractivity contribution < 1.29 is 27.5 Å². The Morgan fingerprint density at radius 2 is 1.66 bits per heavy atom. The monoisotopic (exact) mass is 415 g/mol. The molecule has 0 heterocycles. The van der Waals surface area contributed by atoms with Crippen molar-refractivity contribution >= 4 is 11.9 Å². The van der Waals surface area contributed by atoms with Gasteiger partial charge in [-0.25, -0.2) is 4.79 Å². The van der Waals surface area contributed by atoms with Crippen molar-refractivity contribution in [2.45, 2.75) is 63.9 Å². The first-order valence-electron chi connectivity index (χ1n) is 9.85. The maximum absolute atomic E-state index is 12.0. The van der Waals surface area contributed by atoms with Gasteiger partial charge in [0.05, 0.1) is 6.61 Å². The van der Waals surface area contributed by atoms with Gasteiger partial charge in [0.25, 0.3) is 0 Å². The summed E-state index contributed by atoms with van der Waals surface area (Å²) in [5.74, 6) is -0.0551. The van der Waals surface area contributed by atoms with Gasteiger partial charge < -0.3 is 20.7 Å². The molecule has 162 valence electrons. The predicted molar refractivity (Wildman–Crippen MR) is 102 cm³/mol. The molecule has 0 spiro atoms. The Bertz CT molecular complexity index is 645. The van der Waals surface area contributed by atoms with Crippen molar-refractivity contribution in [1.82, 2.24) is 16.0 Å². The third kappa shape index (κ3) is 10.2. The molecule has 1 aliphatic rings. The largest absolute Gasteiger partial charge is 0.411 e. The predicted octanol–water partition coefficient (Wildman–Crippen LogP) is 3.40. The normalized spacial score (nSPS) is 15.0. The summed E-state index contributed by atoms with van der Waals surface area (Å²) < 4.78 is 40.7. The molecule has 1 aliphatic carbocycles. The van der Waals surface area contributed by atoms with E-state index in [4.69, 9.17) is 0 Å². The molecule has 0 atom stereocenters. The van der Waals surface area contributed by atoms with E-state index in [1.54, 1.807) is 24.3 Å². The van der Waals surface area contributed by atoms with Crippen molar-refractivity contribution in [1.29, 1.82) is 0 Å². The Morgan fingerprint density at radius 3 is 2.31 bits per heavy atom. The van der Waals surface area contributed by atoms with E-state index in [1.165, 1.54) is 6.42 Å². The first-order valence-corrected chi connectivity index (χ1v) is 9.85. The molecule has 0 saturated heterocycles. The molecule has 1 fully saturated rings. The maximum Gasteiger partial charge on any atom is 0.411 e. The lowest BCUT2D eigenvalue weighted by Crippen LogP contribution is -2.40. The van der Waals surface area contributed by atoms with Crippen LogP contribution in [0.5, 0.6) is 0 Å². The highest BCUT2D eigenvalue weighted by molar-refractivity contribution is 5.78. The van der Waals surface area contributed by atoms with Crippen molar-refractivity contribution in [2.75, 3.05) is 13.2 Å². The molecule has 0 aromatic heterocycles. The van der Waals surface area contributed by atoms with Gasteiger partial charge in [-0.2, -0.15) is 13.2 Å². The van der Waals surface area contributed by atoms with Crippen molar-refractivity contribution in [3.8, 4) is 0 Å². The fraction of sp³-hybridized carbons (Fsp3) is 0.600. The number of carbonyl (C=O) groups is 2. The third-order valence-electron chi connectivity index (χ3n) is 4.62. The second kappa shape index (κ2) is 11.6. The molecule has 3 amide bonds. The van der Waals surface area contributed by atoms with Gasteiger partial charge in [0.15, 0.2) is 0 Å². The average molecular weight is 415 g/mol. The number of nitrogens with one attached hydrogen (secondary N) is 3. The van der Waals surface area contributed by atoms with Crippen LogP contribution in [0.4, 0.5) is 18.0 Å². The van der Waals surface area contributed by atoms with Crippen molar-refractivity contribution in [3.63, 3.8) is 0 Å². The standard InChI is InChI=1S/C20H28F3N3O3/c21-20(22,23)14-29-13-16-8-6-15(7-9-16)12-25-19(28)24-11-10-18(27)26-17-4-2-1-3-5-17/h6-9,17H,1-5,10-14H2,(H,26,27)(H2,24,25,28). The SMILES string of the molecule is O=C(CCNC(=O)NCc1ccc(COCC(F)(F)F)cc1)NC1CCCCC1. The highest BCUT2D eigenvalue weighted by Gasteiger charge is 2.27. The maximum atomic E-state index is 12.0. The summed E-state index contributed by atoms with van der Waals surface area (Å²) in [6.45, 7) is -0.893. The summed E-state index contributed by atoms with van der Waals surface area (Å²) in [6, 6.07) is 6.61. The van der Waals surface area contributed by atoms with E-state index in [-0.39, 0.29) is 44.1 Å². The van der Waals surface area contributed by atoms with Gasteiger partial charge in [-0.15, -0.1) is 0 Å². The minimum Gasteiger partial charge on any atom is -0.367 e. The van der Waals surface area contributed by atoms with E-state index in [9.17, 15) is 22.8 Å². The lowest BCUT2D eigenvalue weighted by Gasteiger charge is -2.22. The van der Waals surface area contributed by atoms with Crippen LogP contribution in [0.3, 0.4) is 0 Å². The van der Waals surface area contributed by atoms with Crippen LogP contribution < -0.4 is 16.0 Å². The number of urea groups is 1. The van der Waals surface area contributed by atoms with Crippen LogP contribution in [-0.2, 0) is 22.7 Å². The topological polar surface area (TPSA) is 79.5 Å². The van der Waals surface area contributed by atoms with Gasteiger partial charge >= 0.3 is 12.2 Å². The van der Waals surface area contributed by atoms with E-state index in [2.05, 4.69) is 20.7 Å². The Hall–Kier alpha value is -2.29. The van der Waals surface area contributed by atoms with Crippen LogP contribution in [0.2, 0.25) is 0 Å². The molecule has 6 nitrogen and oxygen atoms in total. The summed E-state index contributed by atoms with van der Waals surface area (Å²) in [4.78, 5) is 23.7. The van der Waals surface area contributed by atoms with E-state index >= 15 is 0 Å². The summed E-state index contributed by atoms with van der Waals surface area (Å²) in [5.41, 5.74) is 1.42. The molecule has 2 rings (SSSR count). The third-order valence-corrected chi connectivity index (χ3v) is 4.62. The van der Waals surface area contributed by atoms with Crippen molar-refractivity contribution in [2.24, 2.45) is 0 Å². The second-order valence-corrected chi connectivity index (χ2v) is 7.19. The van der Waals surface area contributed by atoms with Crippen LogP contribution in [0.1, 0.15) is 49.7 Å². The number of hydrogen-bond acceptors (Lipinski definition) is 3. The minimum absolute atomic E-state index is 0.0551. The highest BCUT2D eigenvalue weighted by atomic mass is 19.4. The molecule has 1 saturated carbocycles. The van der Waals surface area contributed by atoms with Crippen LogP contribution >= 0.6 is 0 Å². The van der Waals surface area contributed by atoms with Gasteiger partial charge in [-0.1, -0.05) is 43.5 Å². The number of alkyl halides is 3. The molecular weight excluding hydrogens is 387 g/mol. The number of benzene rings is 1. The van der Waals surface area contributed by atoms with E-state index in [0.717, 1.165) is 31.2 Å². The Morgan fingerprint density at radius 1 is 1.00 bits per heavy atom. The van der Waals surface area contributed by atoms with Crippen LogP contribution in [-0.4, -0.2) is 37.3 Å². The number of ether oxygens (including phenoxy) is 1. The number of hydrogen-bond donors (Lipinski definition) is 3. The molecule has 1 aromatic rings. The molecule has 9 heteroatoms. The van der Waals surface area contributed by atoms with Gasteiger partial charge in [0.1, 0.15) is 6.61 Å². The number of amides is 3. The number of halogens is 3. The summed E-state index contributed by atoms with van der Waals surface area (Å²) in [5, 5.41) is 8.31. The number of carbonyl (C=O) groups excluding carboxylic acids is 2. The van der Waals surface area contributed by atoms with Gasteiger partial charge in [-0.05, 0) is 24.0 Å². The first kappa shape index (κ1) is 23.0. The molecule has 29 heavy (non-hydrogen) atoms. The van der Waals surface area contributed by atoms with E-state index in [0.29, 0.717) is 5.56 Å². The molecule has 3 N–H and O–H groups in total. The molecule has 0 aliphatic heterocycles. The Kier molecular flexibility index (Phi) is 9.24. The van der Waals surface area contributed by atoms with E-state index < -0.39 is 12.8 Å². The fourth-order valence-corrected chi connectivity index (χ4v) is 3.12. The lowest BCUT2D eigenvalue weighted by molar-refractivity contribution is -0.176. The minimum atomic E-state index is -4.34. The van der Waals surface area contributed by atoms with E-state index in [1.807, 2.05) is 0 Å². The quantitative estimate of drug-likeness (QED) is 0.578. The second-order valence-electron chi connectivity index (χ2n) is 7.19. The van der Waals surface area contributed by atoms with Crippen LogP contribution in [0.15, 0.2) is 24.3 Å². The molecule has 0 radical (unpaired) electrons. The first-order chi connectivity index (χ1) is 13.8. The fourth-order valence-electron chi connectivity index (χ4n) is 3.12. The lowest BCUT2D eigenvalue weighted by atomic mass is 9.95. The highest BCUT2D eigenvalue weighted by Crippen LogP contribution is 2.17. The average Bonchev–Trinajstić information content (AvgIpc) is 2.67. The van der Waals surface area contributed by atoms with Gasteiger partial charge in [-0.3, -0.25) is 4.79 Å². The Balaban J connectivity index is 1.57. The summed E-state index contributed by atoms with van der Waals surface area (Å²) in [6.07, 6.45) is 1.45. The van der Waals surface area contributed by atoms with Crippen molar-refractivity contribution in [3.05, 3.63) is 35.4 Å². The number of rotatable bonds is 9. The molecule has 1 aromatic carbocycles. The zero-order valence-corrected chi connectivity index (χ0v) is 16.3. The molecular formula is C20H28F3N3O3.